The summed E-state index contributed by atoms with van der Waals surface area (Å²) < 4.78 is 13.0. The van der Waals surface area contributed by atoms with Gasteiger partial charge >= 0.3 is 17.8 Å². The minimum atomic E-state index is -1.09. The van der Waals surface area contributed by atoms with E-state index in [9.17, 15) is 23.6 Å². The Morgan fingerprint density at radius 1 is 1.00 bits per heavy atom. The summed E-state index contributed by atoms with van der Waals surface area (Å²) in [5.41, 5.74) is 0.783. The van der Waals surface area contributed by atoms with Crippen molar-refractivity contribution in [1.82, 2.24) is 9.80 Å². The number of amides is 5. The summed E-state index contributed by atoms with van der Waals surface area (Å²) in [4.78, 5) is 50.0. The van der Waals surface area contributed by atoms with Crippen molar-refractivity contribution in [3.05, 3.63) is 64.9 Å². The zero-order chi connectivity index (χ0) is 19.6. The molecule has 0 aliphatic carbocycles. The molecule has 0 atom stereocenters. The van der Waals surface area contributed by atoms with Gasteiger partial charge in [0, 0.05) is 0 Å². The van der Waals surface area contributed by atoms with E-state index in [0.717, 1.165) is 17.0 Å². The number of carbonyl (C=O) groups excluding carboxylic acids is 4. The van der Waals surface area contributed by atoms with Crippen LogP contribution in [-0.4, -0.2) is 40.1 Å². The maximum Gasteiger partial charge on any atom is 0.335 e. The Morgan fingerprint density at radius 2 is 1.67 bits per heavy atom. The first-order valence-electron chi connectivity index (χ1n) is 7.83. The van der Waals surface area contributed by atoms with Crippen molar-refractivity contribution in [3.63, 3.8) is 0 Å². The van der Waals surface area contributed by atoms with Crippen LogP contribution in [-0.2, 0) is 20.9 Å². The number of nitrogens with one attached hydrogen (secondary N) is 1. The molecule has 1 N–H and O–H groups in total. The fourth-order valence-electron chi connectivity index (χ4n) is 2.52. The summed E-state index contributed by atoms with van der Waals surface area (Å²) in [5, 5.41) is 2.33. The molecule has 0 saturated carbocycles. The zero-order valence-corrected chi connectivity index (χ0v) is 14.6. The number of hydrogen-bond donors (Lipinski definition) is 1. The minimum Gasteiger partial charge on any atom is -0.323 e. The van der Waals surface area contributed by atoms with E-state index in [1.54, 1.807) is 30.3 Å². The van der Waals surface area contributed by atoms with Crippen molar-refractivity contribution in [1.29, 1.82) is 0 Å². The van der Waals surface area contributed by atoms with E-state index in [0.29, 0.717) is 10.5 Å². The number of nitrogens with zero attached hydrogens (tertiary/aromatic N) is 2. The highest BCUT2D eigenvalue weighted by Crippen LogP contribution is 2.22. The van der Waals surface area contributed by atoms with Crippen LogP contribution < -0.4 is 5.32 Å². The normalized spacial score (nSPS) is 14.1. The summed E-state index contributed by atoms with van der Waals surface area (Å²) in [6, 6.07) is 11.1. The van der Waals surface area contributed by atoms with E-state index in [4.69, 9.17) is 11.6 Å². The molecule has 27 heavy (non-hydrogen) atoms. The molecule has 7 nitrogen and oxygen atoms in total. The van der Waals surface area contributed by atoms with Gasteiger partial charge in [0.2, 0.25) is 5.91 Å². The lowest BCUT2D eigenvalue weighted by Gasteiger charge is -2.15. The Kier molecular flexibility index (Phi) is 5.18. The number of anilines is 1. The SMILES string of the molecule is O=C(CN1C(=O)C(=O)N(Cc2ccccc2)C1=O)Nc1ccc(F)cc1Cl. The zero-order valence-electron chi connectivity index (χ0n) is 13.8. The first kappa shape index (κ1) is 18.5. The van der Waals surface area contributed by atoms with E-state index >= 15 is 0 Å². The molecule has 0 unspecified atom stereocenters. The third-order valence-corrected chi connectivity index (χ3v) is 4.14. The molecular weight excluding hydrogens is 377 g/mol. The highest BCUT2D eigenvalue weighted by atomic mass is 35.5. The molecule has 2 aromatic rings. The molecule has 0 spiro atoms. The predicted molar refractivity (Wildman–Crippen MR) is 94.1 cm³/mol. The summed E-state index contributed by atoms with van der Waals surface area (Å²) in [7, 11) is 0. The molecule has 3 rings (SSSR count). The number of halogens is 2. The average Bonchev–Trinajstić information content (AvgIpc) is 2.83. The summed E-state index contributed by atoms with van der Waals surface area (Å²) in [5.74, 6) is -3.42. The number of urea groups is 1. The Balaban J connectivity index is 1.69. The van der Waals surface area contributed by atoms with Gasteiger partial charge in [0.1, 0.15) is 12.4 Å². The lowest BCUT2D eigenvalue weighted by atomic mass is 10.2. The van der Waals surface area contributed by atoms with Gasteiger partial charge in [-0.15, -0.1) is 0 Å². The Labute approximate surface area is 158 Å². The van der Waals surface area contributed by atoms with Crippen molar-refractivity contribution >= 4 is 41.0 Å². The van der Waals surface area contributed by atoms with Gasteiger partial charge in [0.05, 0.1) is 17.3 Å². The van der Waals surface area contributed by atoms with Gasteiger partial charge < -0.3 is 5.32 Å². The van der Waals surface area contributed by atoms with Crippen LogP contribution in [0.4, 0.5) is 14.9 Å². The fraction of sp³-hybridized carbons (Fsp3) is 0.111. The van der Waals surface area contributed by atoms with Gasteiger partial charge in [0.15, 0.2) is 0 Å². The van der Waals surface area contributed by atoms with Gasteiger partial charge in [-0.2, -0.15) is 0 Å². The van der Waals surface area contributed by atoms with E-state index in [2.05, 4.69) is 5.32 Å². The van der Waals surface area contributed by atoms with Gasteiger partial charge in [0.25, 0.3) is 0 Å². The van der Waals surface area contributed by atoms with Crippen LogP contribution in [0.3, 0.4) is 0 Å². The van der Waals surface area contributed by atoms with Gasteiger partial charge in [-0.3, -0.25) is 19.3 Å². The topological polar surface area (TPSA) is 86.8 Å². The molecular formula is C18H13ClFN3O4. The highest BCUT2D eigenvalue weighted by molar-refractivity contribution is 6.45. The molecule has 138 valence electrons. The van der Waals surface area contributed by atoms with E-state index < -0.39 is 36.1 Å². The standard InChI is InChI=1S/C18H13ClFN3O4/c19-13-8-12(20)6-7-14(13)21-15(24)10-23-17(26)16(25)22(18(23)27)9-11-4-2-1-3-5-11/h1-8H,9-10H2,(H,21,24). The molecule has 1 aliphatic rings. The molecule has 1 saturated heterocycles. The third kappa shape index (κ3) is 3.95. The maximum atomic E-state index is 13.0. The minimum absolute atomic E-state index is 0.0378. The maximum absolute atomic E-state index is 13.0. The number of hydrogen-bond acceptors (Lipinski definition) is 4. The Bertz CT molecular complexity index is 935. The molecule has 1 heterocycles. The van der Waals surface area contributed by atoms with Crippen molar-refractivity contribution in [3.8, 4) is 0 Å². The van der Waals surface area contributed by atoms with Crippen LogP contribution in [0.5, 0.6) is 0 Å². The van der Waals surface area contributed by atoms with Crippen LogP contribution in [0.25, 0.3) is 0 Å². The van der Waals surface area contributed by atoms with Gasteiger partial charge in [-0.05, 0) is 23.8 Å². The lowest BCUT2D eigenvalue weighted by Crippen LogP contribution is -2.38. The molecule has 1 aliphatic heterocycles. The van der Waals surface area contributed by atoms with E-state index in [-0.39, 0.29) is 17.3 Å². The highest BCUT2D eigenvalue weighted by Gasteiger charge is 2.45. The first-order chi connectivity index (χ1) is 12.9. The van der Waals surface area contributed by atoms with E-state index in [1.165, 1.54) is 6.07 Å². The van der Waals surface area contributed by atoms with Crippen LogP contribution in [0.1, 0.15) is 5.56 Å². The Hall–Kier alpha value is -3.26. The summed E-state index contributed by atoms with van der Waals surface area (Å²) >= 11 is 5.82. The second kappa shape index (κ2) is 7.55. The molecule has 0 bridgehead atoms. The second-order valence-corrected chi connectivity index (χ2v) is 6.13. The van der Waals surface area contributed by atoms with Crippen molar-refractivity contribution in [2.24, 2.45) is 0 Å². The number of imide groups is 2. The molecule has 2 aromatic carbocycles. The van der Waals surface area contributed by atoms with Crippen LogP contribution in [0.2, 0.25) is 5.02 Å². The quantitative estimate of drug-likeness (QED) is 0.628. The molecule has 0 aromatic heterocycles. The second-order valence-electron chi connectivity index (χ2n) is 5.72. The number of carbonyl (C=O) groups is 4. The molecule has 1 fully saturated rings. The predicted octanol–water partition coefficient (Wildman–Crippen LogP) is 2.41. The number of benzene rings is 2. The van der Waals surface area contributed by atoms with E-state index in [1.807, 2.05) is 0 Å². The summed E-state index contributed by atoms with van der Waals surface area (Å²) in [6.07, 6.45) is 0. The first-order valence-corrected chi connectivity index (χ1v) is 8.21. The smallest absolute Gasteiger partial charge is 0.323 e. The Morgan fingerprint density at radius 3 is 2.33 bits per heavy atom. The monoisotopic (exact) mass is 389 g/mol. The largest absolute Gasteiger partial charge is 0.335 e. The van der Waals surface area contributed by atoms with Crippen molar-refractivity contribution < 1.29 is 23.6 Å². The van der Waals surface area contributed by atoms with Gasteiger partial charge in [-0.25, -0.2) is 14.1 Å². The molecule has 0 radical (unpaired) electrons. The third-order valence-electron chi connectivity index (χ3n) is 3.83. The number of rotatable bonds is 5. The van der Waals surface area contributed by atoms with Crippen LogP contribution >= 0.6 is 11.6 Å². The van der Waals surface area contributed by atoms with Crippen molar-refractivity contribution in [2.45, 2.75) is 6.54 Å². The van der Waals surface area contributed by atoms with Gasteiger partial charge in [-0.1, -0.05) is 41.9 Å². The average molecular weight is 390 g/mol. The summed E-state index contributed by atoms with van der Waals surface area (Å²) in [6.45, 7) is -0.742. The van der Waals surface area contributed by atoms with Crippen LogP contribution in [0.15, 0.2) is 48.5 Å². The van der Waals surface area contributed by atoms with Crippen molar-refractivity contribution in [2.75, 3.05) is 11.9 Å². The lowest BCUT2D eigenvalue weighted by molar-refractivity contribution is -0.143. The molecule has 5 amide bonds. The fourth-order valence-corrected chi connectivity index (χ4v) is 2.73. The molecule has 9 heteroatoms. The van der Waals surface area contributed by atoms with Crippen LogP contribution in [0, 0.1) is 5.82 Å².